The van der Waals surface area contributed by atoms with E-state index in [1.807, 2.05) is 0 Å². The van der Waals surface area contributed by atoms with E-state index in [1.54, 1.807) is 34.4 Å². The van der Waals surface area contributed by atoms with Gasteiger partial charge >= 0.3 is 5.65 Å². The number of hydrogen-bond acceptors (Lipinski definition) is 13. The number of carbonyl (C=O) groups excluding carboxylic acids is 3. The number of nitrogens with one attached hydrogen (secondary N) is 1. The number of anilines is 1. The third-order valence-electron chi connectivity index (χ3n) is 6.07. The quantitative estimate of drug-likeness (QED) is 0.107. The number of halogens is 1. The summed E-state index contributed by atoms with van der Waals surface area (Å²) >= 11 is 2.02. The van der Waals surface area contributed by atoms with Gasteiger partial charge in [0.1, 0.15) is 30.2 Å². The molecule has 5 rings (SSSR count). The Kier molecular flexibility index (Phi) is 7.15. The Bertz CT molecular complexity index is 1550. The summed E-state index contributed by atoms with van der Waals surface area (Å²) in [6.45, 7) is 0.237. The molecule has 204 valence electrons. The van der Waals surface area contributed by atoms with Crippen molar-refractivity contribution in [2.24, 2.45) is 5.16 Å². The van der Waals surface area contributed by atoms with Gasteiger partial charge in [0.15, 0.2) is 5.13 Å². The number of alkyl halides is 1. The van der Waals surface area contributed by atoms with Crippen LogP contribution in [0, 0.1) is 6.92 Å². The van der Waals surface area contributed by atoms with Crippen molar-refractivity contribution in [2.45, 2.75) is 31.6 Å². The van der Waals surface area contributed by atoms with Crippen LogP contribution >= 0.6 is 23.3 Å². The van der Waals surface area contributed by atoms with Gasteiger partial charge in [-0.3, -0.25) is 19.1 Å². The second kappa shape index (κ2) is 10.5. The van der Waals surface area contributed by atoms with E-state index in [2.05, 4.69) is 29.7 Å². The first-order chi connectivity index (χ1) is 18.7. The second-order valence-corrected chi connectivity index (χ2v) is 10.2. The first-order valence-electron chi connectivity index (χ1n) is 11.3. The fourth-order valence-corrected chi connectivity index (χ4v) is 6.14. The van der Waals surface area contributed by atoms with E-state index in [0.29, 0.717) is 22.6 Å². The fourth-order valence-electron chi connectivity index (χ4n) is 4.37. The summed E-state index contributed by atoms with van der Waals surface area (Å²) in [5, 5.41) is 27.0. The molecule has 15 nitrogen and oxygen atoms in total. The lowest BCUT2D eigenvalue weighted by molar-refractivity contribution is -0.664. The van der Waals surface area contributed by atoms with Crippen molar-refractivity contribution in [3.63, 3.8) is 0 Å². The van der Waals surface area contributed by atoms with E-state index in [1.165, 1.54) is 11.8 Å². The zero-order valence-electron chi connectivity index (χ0n) is 20.1. The smallest absolute Gasteiger partial charge is 0.349 e. The van der Waals surface area contributed by atoms with E-state index in [-0.39, 0.29) is 35.7 Å². The van der Waals surface area contributed by atoms with Crippen LogP contribution in [0.2, 0.25) is 0 Å². The molecule has 2 unspecified atom stereocenters. The number of aliphatic hydroxyl groups is 1. The maximum atomic E-state index is 13.1. The van der Waals surface area contributed by atoms with Crippen LogP contribution in [0.5, 0.6) is 0 Å². The highest BCUT2D eigenvalue weighted by molar-refractivity contribution is 8.00. The molecule has 0 radical (unpaired) electrons. The van der Waals surface area contributed by atoms with E-state index >= 15 is 0 Å². The van der Waals surface area contributed by atoms with Crippen molar-refractivity contribution in [1.82, 2.24) is 29.1 Å². The molecule has 1 saturated heterocycles. The maximum Gasteiger partial charge on any atom is 0.349 e. The number of aromatic nitrogens is 5. The molecule has 0 bridgehead atoms. The Morgan fingerprint density at radius 3 is 2.90 bits per heavy atom. The zero-order chi connectivity index (χ0) is 27.8. The van der Waals surface area contributed by atoms with Crippen LogP contribution in [0.15, 0.2) is 34.8 Å². The second-order valence-electron chi connectivity index (χ2n) is 8.31. The standard InChI is InChI=1S/C21H20FN9O6S2/c1-9-24-16-11(30(9)8-32)3-2-4-29(16)5-10-6-38-19-13(18(34)31(19)14(10)20(35)36)25-17(33)12(27-37-7-22)15-26-21(23)39-28-15/h2-4,13,19,32H,5-8H2,1H3,(H3-,23,25,26,28,33,35,36)/b27-12-. The third-order valence-corrected chi connectivity index (χ3v) is 7.96. The molecule has 3 aromatic rings. The van der Waals surface area contributed by atoms with Crippen LogP contribution in [0.25, 0.3) is 11.2 Å². The highest BCUT2D eigenvalue weighted by Gasteiger charge is 2.53. The Hall–Kier alpha value is -4.16. The number of nitrogens with two attached hydrogens (primary N) is 1. The molecule has 18 heteroatoms. The van der Waals surface area contributed by atoms with Crippen molar-refractivity contribution < 1.29 is 38.4 Å². The predicted molar refractivity (Wildman–Crippen MR) is 132 cm³/mol. The number of oxime groups is 1. The van der Waals surface area contributed by atoms with Gasteiger partial charge in [0.2, 0.25) is 17.4 Å². The van der Waals surface area contributed by atoms with E-state index in [9.17, 15) is 29.0 Å². The number of carboxylic acids is 1. The number of aliphatic hydroxyl groups excluding tert-OH is 1. The largest absolute Gasteiger partial charge is 0.543 e. The van der Waals surface area contributed by atoms with Gasteiger partial charge in [-0.2, -0.15) is 9.36 Å². The normalized spacial score (nSPS) is 19.2. The molecule has 4 N–H and O–H groups in total. The van der Waals surface area contributed by atoms with Gasteiger partial charge in [0, 0.05) is 29.8 Å². The highest BCUT2D eigenvalue weighted by Crippen LogP contribution is 2.40. The summed E-state index contributed by atoms with van der Waals surface area (Å²) in [5.74, 6) is -2.58. The molecule has 3 aromatic heterocycles. The molecule has 0 saturated carbocycles. The Morgan fingerprint density at radius 1 is 1.44 bits per heavy atom. The van der Waals surface area contributed by atoms with Crippen molar-refractivity contribution in [1.29, 1.82) is 0 Å². The highest BCUT2D eigenvalue weighted by atomic mass is 32.2. The number of aryl methyl sites for hydroxylation is 1. The average molecular weight is 578 g/mol. The van der Waals surface area contributed by atoms with E-state index in [0.717, 1.165) is 16.4 Å². The number of nitrogens with zero attached hydrogens (tertiary/aromatic N) is 7. The molecule has 39 heavy (non-hydrogen) atoms. The lowest BCUT2D eigenvalue weighted by Gasteiger charge is -2.50. The number of amides is 2. The van der Waals surface area contributed by atoms with Gasteiger partial charge in [-0.1, -0.05) is 5.16 Å². The average Bonchev–Trinajstić information content (AvgIpc) is 3.49. The summed E-state index contributed by atoms with van der Waals surface area (Å²) in [4.78, 5) is 51.8. The molecule has 0 aliphatic carbocycles. The molecule has 2 amide bonds. The number of aliphatic carboxylic acids is 1. The summed E-state index contributed by atoms with van der Waals surface area (Å²) in [5.41, 5.74) is 6.35. The van der Waals surface area contributed by atoms with Crippen molar-refractivity contribution in [3.05, 3.63) is 41.2 Å². The Morgan fingerprint density at radius 2 is 2.23 bits per heavy atom. The minimum absolute atomic E-state index is 0.0302. The van der Waals surface area contributed by atoms with Crippen molar-refractivity contribution >= 4 is 63.1 Å². The van der Waals surface area contributed by atoms with E-state index < -0.39 is 41.8 Å². The molecule has 1 fully saturated rings. The lowest BCUT2D eigenvalue weighted by Crippen LogP contribution is -2.71. The lowest BCUT2D eigenvalue weighted by atomic mass is 10.0. The Labute approximate surface area is 226 Å². The van der Waals surface area contributed by atoms with Crippen LogP contribution in [0.3, 0.4) is 0 Å². The van der Waals surface area contributed by atoms with Crippen LogP contribution in [-0.2, 0) is 32.5 Å². The predicted octanol–water partition coefficient (Wildman–Crippen LogP) is -2.23. The van der Waals surface area contributed by atoms with Crippen LogP contribution < -0.4 is 20.7 Å². The number of rotatable bonds is 9. The van der Waals surface area contributed by atoms with Gasteiger partial charge < -0.3 is 30.9 Å². The number of imidazole rings is 1. The monoisotopic (exact) mass is 577 g/mol. The van der Waals surface area contributed by atoms with Crippen molar-refractivity contribution in [2.75, 3.05) is 18.3 Å². The fraction of sp³-hybridized carbons (Fsp3) is 0.333. The van der Waals surface area contributed by atoms with Gasteiger partial charge in [0.25, 0.3) is 18.7 Å². The number of β-lactam (4-membered cyclic amide) rings is 1. The first kappa shape index (κ1) is 26.4. The molecule has 0 spiro atoms. The van der Waals surface area contributed by atoms with Gasteiger partial charge in [-0.15, -0.1) is 11.8 Å². The number of pyridine rings is 1. The number of nitrogen functional groups attached to an aromatic ring is 1. The molecule has 0 aromatic carbocycles. The molecule has 5 heterocycles. The van der Waals surface area contributed by atoms with Gasteiger partial charge in [-0.05, 0) is 17.1 Å². The number of carbonyl (C=O) groups is 3. The summed E-state index contributed by atoms with van der Waals surface area (Å²) < 4.78 is 19.7. The minimum atomic E-state index is -1.54. The zero-order valence-corrected chi connectivity index (χ0v) is 21.7. The molecular formula is C21H20FN9O6S2. The molecule has 2 atom stereocenters. The van der Waals surface area contributed by atoms with Gasteiger partial charge in [-0.25, -0.2) is 8.96 Å². The molecular weight excluding hydrogens is 557 g/mol. The van der Waals surface area contributed by atoms with Crippen LogP contribution in [0.4, 0.5) is 9.52 Å². The summed E-state index contributed by atoms with van der Waals surface area (Å²) in [6.07, 6.45) is 1.72. The third kappa shape index (κ3) is 4.66. The van der Waals surface area contributed by atoms with Gasteiger partial charge in [0.05, 0.1) is 17.9 Å². The van der Waals surface area contributed by atoms with Crippen LogP contribution in [-0.4, -0.2) is 76.4 Å². The van der Waals surface area contributed by atoms with Crippen molar-refractivity contribution in [3.8, 4) is 0 Å². The summed E-state index contributed by atoms with van der Waals surface area (Å²) in [6, 6.07) is 2.41. The number of thioether (sulfide) groups is 1. The molecule has 2 aliphatic rings. The maximum absolute atomic E-state index is 13.1. The SMILES string of the molecule is Cc1nc2c(ccc[n+]2CC2=C(C(=O)[O-])N3C(=O)C(NC(=O)/C(=N\OCF)c4nsc(N)n4)C3SC2)n1CO. The van der Waals surface area contributed by atoms with Crippen LogP contribution in [0.1, 0.15) is 11.6 Å². The topological polar surface area (TPSA) is 205 Å². The Balaban J connectivity index is 1.39. The molecule has 2 aliphatic heterocycles. The number of carboxylic acid groups (broad SMARTS) is 1. The number of fused-ring (bicyclic) bond motifs is 2. The minimum Gasteiger partial charge on any atom is -0.543 e. The summed E-state index contributed by atoms with van der Waals surface area (Å²) in [7, 11) is 0. The first-order valence-corrected chi connectivity index (χ1v) is 13.1. The number of hydrogen-bond donors (Lipinski definition) is 3. The van der Waals surface area contributed by atoms with E-state index in [4.69, 9.17) is 5.73 Å².